The summed E-state index contributed by atoms with van der Waals surface area (Å²) in [6, 6.07) is -0.822. The summed E-state index contributed by atoms with van der Waals surface area (Å²) in [5, 5.41) is 54.3. The fourth-order valence-corrected chi connectivity index (χ4v) is 8.85. The van der Waals surface area contributed by atoms with E-state index < -0.39 is 49.5 Å². The zero-order chi connectivity index (χ0) is 51.5. The summed E-state index contributed by atoms with van der Waals surface area (Å²) in [6.45, 7) is 3.62. The second-order valence-electron chi connectivity index (χ2n) is 20.0. The molecule has 1 rings (SSSR count). The van der Waals surface area contributed by atoms with Gasteiger partial charge < -0.3 is 40.3 Å². The van der Waals surface area contributed by atoms with E-state index in [4.69, 9.17) is 9.47 Å². The summed E-state index contributed by atoms with van der Waals surface area (Å²) < 4.78 is 11.2. The Kier molecular flexibility index (Phi) is 47.6. The Morgan fingerprint density at radius 1 is 0.493 bits per heavy atom. The van der Waals surface area contributed by atoms with Crippen LogP contribution in [-0.2, 0) is 14.3 Å². The number of unbranched alkanes of at least 4 members (excludes halogenated alkanes) is 27. The summed E-state index contributed by atoms with van der Waals surface area (Å²) in [5.41, 5.74) is 0. The molecule has 9 nitrogen and oxygen atoms in total. The van der Waals surface area contributed by atoms with E-state index in [1.165, 1.54) is 154 Å². The standard InChI is InChI=1S/C62H109NO8/c1-3-5-7-9-11-13-15-16-17-18-19-20-21-22-23-24-25-26-27-28-29-30-31-32-33-34-35-36-37-38-39-40-42-44-46-48-50-52-58(66)63-55(54-70-62-61(69)60(68)59(67)57(53-64)71-62)56(65)51-49-47-45-43-41-14-12-10-8-6-4-2/h5,7,11,13,16-17,19-20,22-23,41,43,49,51,55-57,59-62,64-65,67-69H,3-4,6,8-10,12,14-15,18,21,24-40,42,44-48,50,52-54H2,1-2H3,(H,63,66)/b7-5-,13-11-,17-16-,20-19-,23-22-,43-41+,51-49+. The highest BCUT2D eigenvalue weighted by atomic mass is 16.7. The van der Waals surface area contributed by atoms with Gasteiger partial charge >= 0.3 is 0 Å². The van der Waals surface area contributed by atoms with E-state index in [2.05, 4.69) is 92.1 Å². The Bertz CT molecular complexity index is 1390. The van der Waals surface area contributed by atoms with Crippen LogP contribution in [0.3, 0.4) is 0 Å². The lowest BCUT2D eigenvalue weighted by Crippen LogP contribution is -2.60. The quantitative estimate of drug-likeness (QED) is 0.0261. The number of rotatable bonds is 49. The van der Waals surface area contributed by atoms with Crippen molar-refractivity contribution in [1.82, 2.24) is 5.32 Å². The molecule has 1 heterocycles. The Hall–Kier alpha value is -2.63. The molecule has 7 atom stereocenters. The van der Waals surface area contributed by atoms with Gasteiger partial charge in [0.1, 0.15) is 24.4 Å². The number of hydrogen-bond acceptors (Lipinski definition) is 8. The fraction of sp³-hybridized carbons (Fsp3) is 0.758. The lowest BCUT2D eigenvalue weighted by atomic mass is 9.99. The Morgan fingerprint density at radius 3 is 1.35 bits per heavy atom. The molecular weight excluding hydrogens is 887 g/mol. The molecule has 1 amide bonds. The van der Waals surface area contributed by atoms with Gasteiger partial charge in [-0.15, -0.1) is 0 Å². The molecule has 7 unspecified atom stereocenters. The van der Waals surface area contributed by atoms with Gasteiger partial charge in [-0.3, -0.25) is 4.79 Å². The second kappa shape index (κ2) is 50.9. The summed E-state index contributed by atoms with van der Waals surface area (Å²) in [5.74, 6) is -0.188. The number of hydrogen-bond donors (Lipinski definition) is 6. The van der Waals surface area contributed by atoms with Crippen molar-refractivity contribution >= 4 is 5.91 Å². The zero-order valence-electron chi connectivity index (χ0n) is 45.5. The van der Waals surface area contributed by atoms with Gasteiger partial charge in [0.25, 0.3) is 0 Å². The van der Waals surface area contributed by atoms with Crippen molar-refractivity contribution in [2.24, 2.45) is 0 Å². The largest absolute Gasteiger partial charge is 0.394 e. The molecule has 0 aliphatic carbocycles. The predicted molar refractivity (Wildman–Crippen MR) is 299 cm³/mol. The van der Waals surface area contributed by atoms with E-state index in [-0.39, 0.29) is 12.5 Å². The van der Waals surface area contributed by atoms with Crippen LogP contribution < -0.4 is 5.32 Å². The first-order valence-corrected chi connectivity index (χ1v) is 29.3. The fourth-order valence-electron chi connectivity index (χ4n) is 8.85. The third-order valence-electron chi connectivity index (χ3n) is 13.5. The lowest BCUT2D eigenvalue weighted by Gasteiger charge is -2.40. The van der Waals surface area contributed by atoms with Crippen molar-refractivity contribution in [3.05, 3.63) is 85.1 Å². The van der Waals surface area contributed by atoms with Crippen molar-refractivity contribution in [2.45, 2.75) is 288 Å². The van der Waals surface area contributed by atoms with Crippen molar-refractivity contribution < 1.29 is 39.8 Å². The minimum Gasteiger partial charge on any atom is -0.394 e. The van der Waals surface area contributed by atoms with Gasteiger partial charge in [-0.2, -0.15) is 0 Å². The number of nitrogens with one attached hydrogen (secondary N) is 1. The molecule has 0 aromatic rings. The molecule has 0 saturated carbocycles. The number of aliphatic hydroxyl groups is 5. The van der Waals surface area contributed by atoms with E-state index in [1.807, 2.05) is 6.08 Å². The highest BCUT2D eigenvalue weighted by Crippen LogP contribution is 2.23. The summed E-state index contributed by atoms with van der Waals surface area (Å²) in [4.78, 5) is 13.0. The lowest BCUT2D eigenvalue weighted by molar-refractivity contribution is -0.302. The normalized spacial score (nSPS) is 19.9. The number of aliphatic hydroxyl groups excluding tert-OH is 5. The van der Waals surface area contributed by atoms with Crippen LogP contribution in [0.5, 0.6) is 0 Å². The molecule has 1 fully saturated rings. The highest BCUT2D eigenvalue weighted by Gasteiger charge is 2.44. The van der Waals surface area contributed by atoms with Crippen molar-refractivity contribution in [2.75, 3.05) is 13.2 Å². The van der Waals surface area contributed by atoms with Gasteiger partial charge in [0.2, 0.25) is 5.91 Å². The van der Waals surface area contributed by atoms with Crippen LogP contribution in [0.4, 0.5) is 0 Å². The number of ether oxygens (including phenoxy) is 2. The average molecular weight is 997 g/mol. The van der Waals surface area contributed by atoms with Crippen LogP contribution in [0.2, 0.25) is 0 Å². The second-order valence-corrected chi connectivity index (χ2v) is 20.0. The molecule has 71 heavy (non-hydrogen) atoms. The number of amides is 1. The monoisotopic (exact) mass is 996 g/mol. The van der Waals surface area contributed by atoms with Gasteiger partial charge in [-0.1, -0.05) is 247 Å². The van der Waals surface area contributed by atoms with Gasteiger partial charge in [0.15, 0.2) is 6.29 Å². The van der Waals surface area contributed by atoms with Crippen molar-refractivity contribution in [3.63, 3.8) is 0 Å². The first kappa shape index (κ1) is 66.4. The predicted octanol–water partition coefficient (Wildman–Crippen LogP) is 14.6. The van der Waals surface area contributed by atoms with E-state index in [0.29, 0.717) is 6.42 Å². The summed E-state index contributed by atoms with van der Waals surface area (Å²) in [6.07, 6.45) is 65.4. The maximum atomic E-state index is 13.0. The molecular formula is C62H109NO8. The van der Waals surface area contributed by atoms with Gasteiger partial charge in [-0.05, 0) is 77.0 Å². The SMILES string of the molecule is CC/C=C\C/C=C\C/C=C\C/C=C\C/C=C\CCCCCCCCCCCCCCCCCCCCCCCC(=O)NC(COC1OC(CO)C(O)C(O)C1O)C(O)/C=C/CC/C=C/CCCCCCC. The van der Waals surface area contributed by atoms with E-state index in [1.54, 1.807) is 6.08 Å². The summed E-state index contributed by atoms with van der Waals surface area (Å²) in [7, 11) is 0. The van der Waals surface area contributed by atoms with Crippen LogP contribution in [0.1, 0.15) is 245 Å². The molecule has 1 aliphatic heterocycles. The molecule has 0 aromatic carbocycles. The van der Waals surface area contributed by atoms with Crippen LogP contribution in [0, 0.1) is 0 Å². The van der Waals surface area contributed by atoms with Crippen LogP contribution in [0.15, 0.2) is 85.1 Å². The first-order valence-electron chi connectivity index (χ1n) is 29.3. The molecule has 0 bridgehead atoms. The maximum Gasteiger partial charge on any atom is 0.220 e. The number of carbonyl (C=O) groups is 1. The van der Waals surface area contributed by atoms with E-state index in [0.717, 1.165) is 70.6 Å². The third kappa shape index (κ3) is 40.4. The van der Waals surface area contributed by atoms with E-state index in [9.17, 15) is 30.3 Å². The molecule has 0 radical (unpaired) electrons. The number of allylic oxidation sites excluding steroid dienone is 13. The Balaban J connectivity index is 2.07. The van der Waals surface area contributed by atoms with Crippen molar-refractivity contribution in [1.29, 1.82) is 0 Å². The molecule has 0 aromatic heterocycles. The Morgan fingerprint density at radius 2 is 0.887 bits per heavy atom. The van der Waals surface area contributed by atoms with Crippen LogP contribution >= 0.6 is 0 Å². The molecule has 1 saturated heterocycles. The van der Waals surface area contributed by atoms with Gasteiger partial charge in [-0.25, -0.2) is 0 Å². The first-order chi connectivity index (χ1) is 34.8. The zero-order valence-corrected chi connectivity index (χ0v) is 45.5. The molecule has 9 heteroatoms. The van der Waals surface area contributed by atoms with E-state index >= 15 is 0 Å². The van der Waals surface area contributed by atoms with Crippen molar-refractivity contribution in [3.8, 4) is 0 Å². The third-order valence-corrected chi connectivity index (χ3v) is 13.5. The van der Waals surface area contributed by atoms with Gasteiger partial charge in [0, 0.05) is 6.42 Å². The highest BCUT2D eigenvalue weighted by molar-refractivity contribution is 5.76. The molecule has 6 N–H and O–H groups in total. The van der Waals surface area contributed by atoms with Gasteiger partial charge in [0.05, 0.1) is 25.4 Å². The number of carbonyl (C=O) groups excluding carboxylic acids is 1. The smallest absolute Gasteiger partial charge is 0.220 e. The maximum absolute atomic E-state index is 13.0. The van der Waals surface area contributed by atoms with Crippen LogP contribution in [0.25, 0.3) is 0 Å². The summed E-state index contributed by atoms with van der Waals surface area (Å²) >= 11 is 0. The minimum absolute atomic E-state index is 0.188. The molecule has 1 aliphatic rings. The average Bonchev–Trinajstić information content (AvgIpc) is 3.37. The molecule has 0 spiro atoms. The topological polar surface area (TPSA) is 149 Å². The molecule has 410 valence electrons. The minimum atomic E-state index is -1.57. The van der Waals surface area contributed by atoms with Crippen LogP contribution in [-0.4, -0.2) is 87.5 Å². The Labute approximate surface area is 435 Å².